The average Bonchev–Trinajstić information content (AvgIpc) is 2.54. The smallest absolute Gasteiger partial charge is 0.337 e. The first-order chi connectivity index (χ1) is 10.8. The summed E-state index contributed by atoms with van der Waals surface area (Å²) in [7, 11) is -2.43. The molecule has 23 heavy (non-hydrogen) atoms. The maximum atomic E-state index is 12.7. The van der Waals surface area contributed by atoms with Crippen LogP contribution in [-0.2, 0) is 14.6 Å². The summed E-state index contributed by atoms with van der Waals surface area (Å²) in [5, 5.41) is -1.31. The Morgan fingerprint density at radius 3 is 2.13 bits per heavy atom. The van der Waals surface area contributed by atoms with Crippen molar-refractivity contribution >= 4 is 21.6 Å². The fraction of sp³-hybridized carbons (Fsp3) is 0.176. The minimum atomic E-state index is -3.67. The fourth-order valence-electron chi connectivity index (χ4n) is 2.29. The second kappa shape index (κ2) is 6.75. The van der Waals surface area contributed by atoms with Crippen molar-refractivity contribution in [1.82, 2.24) is 0 Å². The number of ether oxygens (including phenoxy) is 1. The van der Waals surface area contributed by atoms with Crippen LogP contribution in [0, 0.1) is 0 Å². The summed E-state index contributed by atoms with van der Waals surface area (Å²) in [5.74, 6) is -1.17. The van der Waals surface area contributed by atoms with Crippen molar-refractivity contribution in [3.05, 3.63) is 71.3 Å². The number of methoxy groups -OCH3 is 1. The van der Waals surface area contributed by atoms with Gasteiger partial charge in [0.2, 0.25) is 0 Å². The monoisotopic (exact) mass is 332 g/mol. The van der Waals surface area contributed by atoms with Crippen LogP contribution in [0.3, 0.4) is 0 Å². The molecule has 2 aromatic rings. The minimum absolute atomic E-state index is 0.146. The number of carbonyl (C=O) groups is 2. The van der Waals surface area contributed by atoms with E-state index in [1.807, 2.05) is 0 Å². The lowest BCUT2D eigenvalue weighted by Crippen LogP contribution is -2.22. The van der Waals surface area contributed by atoms with Crippen molar-refractivity contribution in [2.24, 2.45) is 0 Å². The third-order valence-corrected chi connectivity index (χ3v) is 4.68. The molecule has 0 radical (unpaired) electrons. The molecule has 0 aromatic heterocycles. The second-order valence-electron chi connectivity index (χ2n) is 5.06. The molecule has 0 fully saturated rings. The van der Waals surface area contributed by atoms with E-state index < -0.39 is 26.8 Å². The number of hydrogen-bond acceptors (Lipinski definition) is 5. The van der Waals surface area contributed by atoms with Gasteiger partial charge in [0, 0.05) is 11.8 Å². The molecule has 120 valence electrons. The molecule has 0 amide bonds. The van der Waals surface area contributed by atoms with Crippen molar-refractivity contribution in [3.63, 3.8) is 0 Å². The van der Waals surface area contributed by atoms with Crippen LogP contribution in [0.2, 0.25) is 0 Å². The molecule has 0 saturated heterocycles. The van der Waals surface area contributed by atoms with Crippen molar-refractivity contribution in [1.29, 1.82) is 0 Å². The standard InChI is InChI=1S/C17H16O5S/c1-22-17(19)14-10-6-9-13(11-14)15(18)16(23(2,20)21)12-7-4-3-5-8-12/h3-11,16H,1-2H3. The van der Waals surface area contributed by atoms with Crippen LogP contribution in [-0.4, -0.2) is 33.5 Å². The molecule has 0 aliphatic carbocycles. The summed E-state index contributed by atoms with van der Waals surface area (Å²) in [6.45, 7) is 0. The van der Waals surface area contributed by atoms with Gasteiger partial charge in [-0.1, -0.05) is 42.5 Å². The van der Waals surface area contributed by atoms with Crippen LogP contribution in [0.15, 0.2) is 54.6 Å². The van der Waals surface area contributed by atoms with Crippen LogP contribution >= 0.6 is 0 Å². The first kappa shape index (κ1) is 16.9. The van der Waals surface area contributed by atoms with Gasteiger partial charge < -0.3 is 4.74 Å². The quantitative estimate of drug-likeness (QED) is 0.621. The van der Waals surface area contributed by atoms with E-state index in [0.717, 1.165) is 6.26 Å². The summed E-state index contributed by atoms with van der Waals surface area (Å²) in [6.07, 6.45) is 1.02. The summed E-state index contributed by atoms with van der Waals surface area (Å²) >= 11 is 0. The SMILES string of the molecule is COC(=O)c1cccc(C(=O)C(c2ccccc2)S(C)(=O)=O)c1. The molecule has 0 aliphatic rings. The van der Waals surface area contributed by atoms with Gasteiger partial charge in [0.05, 0.1) is 12.7 Å². The topological polar surface area (TPSA) is 77.5 Å². The van der Waals surface area contributed by atoms with Crippen molar-refractivity contribution in [2.75, 3.05) is 13.4 Å². The molecule has 2 aromatic carbocycles. The Bertz CT molecular complexity index is 825. The van der Waals surface area contributed by atoms with Gasteiger partial charge >= 0.3 is 5.97 Å². The molecule has 0 bridgehead atoms. The summed E-state index contributed by atoms with van der Waals surface area (Å²) in [5.41, 5.74) is 0.731. The van der Waals surface area contributed by atoms with Gasteiger partial charge in [-0.3, -0.25) is 4.79 Å². The predicted molar refractivity (Wildman–Crippen MR) is 86.1 cm³/mol. The molecule has 0 aliphatic heterocycles. The van der Waals surface area contributed by atoms with Crippen LogP contribution in [0.5, 0.6) is 0 Å². The fourth-order valence-corrected chi connectivity index (χ4v) is 3.47. The summed E-state index contributed by atoms with van der Waals surface area (Å²) < 4.78 is 28.8. The molecule has 0 heterocycles. The molecule has 2 rings (SSSR count). The Hall–Kier alpha value is -2.47. The van der Waals surface area contributed by atoms with Gasteiger partial charge in [-0.05, 0) is 17.7 Å². The minimum Gasteiger partial charge on any atom is -0.465 e. The van der Waals surface area contributed by atoms with Crippen LogP contribution in [0.1, 0.15) is 31.5 Å². The van der Waals surface area contributed by atoms with Gasteiger partial charge in [0.15, 0.2) is 15.6 Å². The molecular formula is C17H16O5S. The van der Waals surface area contributed by atoms with E-state index in [4.69, 9.17) is 0 Å². The van der Waals surface area contributed by atoms with Gasteiger partial charge in [0.1, 0.15) is 5.25 Å². The van der Waals surface area contributed by atoms with Crippen molar-refractivity contribution < 1.29 is 22.7 Å². The molecule has 0 spiro atoms. The number of ketones is 1. The lowest BCUT2D eigenvalue weighted by molar-refractivity contribution is 0.0600. The zero-order valence-corrected chi connectivity index (χ0v) is 13.5. The highest BCUT2D eigenvalue weighted by Crippen LogP contribution is 2.26. The number of Topliss-reactive ketones (excluding diaryl/α,β-unsaturated/α-hetero) is 1. The van der Waals surface area contributed by atoms with E-state index in [1.165, 1.54) is 31.4 Å². The Morgan fingerprint density at radius 2 is 1.57 bits per heavy atom. The molecule has 5 nitrogen and oxygen atoms in total. The van der Waals surface area contributed by atoms with Crippen LogP contribution < -0.4 is 0 Å². The number of rotatable bonds is 5. The van der Waals surface area contributed by atoms with E-state index in [9.17, 15) is 18.0 Å². The van der Waals surface area contributed by atoms with E-state index >= 15 is 0 Å². The van der Waals surface area contributed by atoms with E-state index in [-0.39, 0.29) is 11.1 Å². The summed E-state index contributed by atoms with van der Waals surface area (Å²) in [6, 6.07) is 14.1. The number of hydrogen-bond donors (Lipinski definition) is 0. The third-order valence-electron chi connectivity index (χ3n) is 3.34. The summed E-state index contributed by atoms with van der Waals surface area (Å²) in [4.78, 5) is 24.3. The Morgan fingerprint density at radius 1 is 0.957 bits per heavy atom. The molecule has 0 N–H and O–H groups in total. The number of carbonyl (C=O) groups excluding carboxylic acids is 2. The Kier molecular flexibility index (Phi) is 4.95. The highest BCUT2D eigenvalue weighted by molar-refractivity contribution is 7.91. The molecule has 6 heteroatoms. The largest absolute Gasteiger partial charge is 0.465 e. The van der Waals surface area contributed by atoms with Crippen molar-refractivity contribution in [3.8, 4) is 0 Å². The highest BCUT2D eigenvalue weighted by atomic mass is 32.2. The van der Waals surface area contributed by atoms with Gasteiger partial charge in [-0.15, -0.1) is 0 Å². The van der Waals surface area contributed by atoms with E-state index in [1.54, 1.807) is 30.3 Å². The second-order valence-corrected chi connectivity index (χ2v) is 7.19. The van der Waals surface area contributed by atoms with Gasteiger partial charge in [-0.2, -0.15) is 0 Å². The van der Waals surface area contributed by atoms with Gasteiger partial charge in [-0.25, -0.2) is 13.2 Å². The van der Waals surface area contributed by atoms with Crippen LogP contribution in [0.25, 0.3) is 0 Å². The normalized spacial score (nSPS) is 12.4. The third kappa shape index (κ3) is 3.84. The van der Waals surface area contributed by atoms with E-state index in [2.05, 4.69) is 4.74 Å². The zero-order chi connectivity index (χ0) is 17.0. The molecule has 0 saturated carbocycles. The number of esters is 1. The zero-order valence-electron chi connectivity index (χ0n) is 12.7. The van der Waals surface area contributed by atoms with Crippen molar-refractivity contribution in [2.45, 2.75) is 5.25 Å². The predicted octanol–water partition coefficient (Wildman–Crippen LogP) is 2.44. The first-order valence-corrected chi connectivity index (χ1v) is 8.76. The lowest BCUT2D eigenvalue weighted by atomic mass is 10.0. The number of benzene rings is 2. The molecular weight excluding hydrogens is 316 g/mol. The van der Waals surface area contributed by atoms with Crippen LogP contribution in [0.4, 0.5) is 0 Å². The molecule has 1 atom stereocenters. The van der Waals surface area contributed by atoms with E-state index in [0.29, 0.717) is 5.56 Å². The maximum Gasteiger partial charge on any atom is 0.337 e. The highest BCUT2D eigenvalue weighted by Gasteiger charge is 2.31. The first-order valence-electron chi connectivity index (χ1n) is 6.81. The maximum absolute atomic E-state index is 12.7. The number of sulfone groups is 1. The average molecular weight is 332 g/mol. The Balaban J connectivity index is 2.49. The van der Waals surface area contributed by atoms with Gasteiger partial charge in [0.25, 0.3) is 0 Å². The molecule has 1 unspecified atom stereocenters. The Labute approximate surface area is 134 Å². The lowest BCUT2D eigenvalue weighted by Gasteiger charge is -2.15.